The molecule has 3 aromatic heterocycles. The zero-order valence-electron chi connectivity index (χ0n) is 20.0. The molecule has 3 heterocycles. The maximum absolute atomic E-state index is 4.14. The van der Waals surface area contributed by atoms with Crippen molar-refractivity contribution in [1.29, 1.82) is 0 Å². The van der Waals surface area contributed by atoms with Crippen molar-refractivity contribution in [3.8, 4) is 0 Å². The van der Waals surface area contributed by atoms with Gasteiger partial charge in [-0.2, -0.15) is 0 Å². The van der Waals surface area contributed by atoms with Gasteiger partial charge in [-0.25, -0.2) is 19.9 Å². The molecule has 3 aromatic rings. The van der Waals surface area contributed by atoms with E-state index in [1.165, 1.54) is 5.56 Å². The Morgan fingerprint density at radius 1 is 0.581 bits per heavy atom. The number of nitrogens with zero attached hydrogens (tertiary/aromatic N) is 5. The zero-order chi connectivity index (χ0) is 22.8. The molecule has 0 spiro atoms. The van der Waals surface area contributed by atoms with Gasteiger partial charge < -0.3 is 0 Å². The number of hydrogen-bond acceptors (Lipinski definition) is 5. The largest absolute Gasteiger partial charge is 0.264 e. The summed E-state index contributed by atoms with van der Waals surface area (Å²) in [6, 6.07) is 7.85. The molecule has 5 heteroatoms. The molecule has 0 N–H and O–H groups in total. The quantitative estimate of drug-likeness (QED) is 0.409. The monoisotopic (exact) mass is 423 g/mol. The second kappa shape index (κ2) is 12.2. The SMILES string of the molecule is C.CC(C)(C)c1cccnc1.CC(C)(C)c1ccncn1.CC(C)(C)c1ncccn1. The fourth-order valence-electron chi connectivity index (χ4n) is 2.23. The van der Waals surface area contributed by atoms with Gasteiger partial charge in [0.15, 0.2) is 0 Å². The number of pyridine rings is 1. The van der Waals surface area contributed by atoms with Crippen molar-refractivity contribution in [2.45, 2.75) is 86.0 Å². The van der Waals surface area contributed by atoms with Gasteiger partial charge in [0, 0.05) is 47.5 Å². The summed E-state index contributed by atoms with van der Waals surface area (Å²) in [6.45, 7) is 19.3. The molecule has 0 aliphatic heterocycles. The standard InChI is InChI=1S/C9H13N.2C8H12N2.CH4/c1-9(2,3)8-5-4-6-10-7-8;1-8(2,3)7-4-5-9-6-10-7;1-8(2,3)7-9-5-4-6-10-7;/h4-7H,1-3H3;2*4-6H,1-3H3;1H4. The van der Waals surface area contributed by atoms with Crippen molar-refractivity contribution in [2.24, 2.45) is 0 Å². The van der Waals surface area contributed by atoms with Gasteiger partial charge in [0.05, 0.1) is 0 Å². The topological polar surface area (TPSA) is 64.5 Å². The summed E-state index contributed by atoms with van der Waals surface area (Å²) < 4.78 is 0. The van der Waals surface area contributed by atoms with Crippen LogP contribution in [0.1, 0.15) is 86.8 Å². The van der Waals surface area contributed by atoms with Gasteiger partial charge in [0.25, 0.3) is 0 Å². The Hall–Kier alpha value is -2.69. The van der Waals surface area contributed by atoms with Crippen LogP contribution in [0.15, 0.2) is 61.6 Å². The summed E-state index contributed by atoms with van der Waals surface area (Å²) in [5.74, 6) is 0.898. The number of aromatic nitrogens is 5. The fourth-order valence-corrected chi connectivity index (χ4v) is 2.23. The van der Waals surface area contributed by atoms with E-state index >= 15 is 0 Å². The van der Waals surface area contributed by atoms with Crippen LogP contribution < -0.4 is 0 Å². The van der Waals surface area contributed by atoms with E-state index in [1.807, 2.05) is 24.4 Å². The minimum atomic E-state index is 0. The molecule has 0 unspecified atom stereocenters. The molecule has 0 radical (unpaired) electrons. The Balaban J connectivity index is 0.000000429. The highest BCUT2D eigenvalue weighted by Crippen LogP contribution is 2.20. The third-order valence-electron chi connectivity index (χ3n) is 4.11. The van der Waals surface area contributed by atoms with Crippen LogP contribution in [0, 0.1) is 0 Å². The lowest BCUT2D eigenvalue weighted by Gasteiger charge is -2.17. The van der Waals surface area contributed by atoms with Crippen LogP contribution in [0.3, 0.4) is 0 Å². The van der Waals surface area contributed by atoms with Crippen molar-refractivity contribution < 1.29 is 0 Å². The van der Waals surface area contributed by atoms with E-state index in [2.05, 4.69) is 93.3 Å². The van der Waals surface area contributed by atoms with Crippen molar-refractivity contribution in [1.82, 2.24) is 24.9 Å². The highest BCUT2D eigenvalue weighted by atomic mass is 14.9. The zero-order valence-corrected chi connectivity index (χ0v) is 20.0. The van der Waals surface area contributed by atoms with Gasteiger partial charge in [-0.3, -0.25) is 4.98 Å². The molecule has 0 saturated heterocycles. The average Bonchev–Trinajstić information content (AvgIpc) is 2.69. The number of hydrogen-bond donors (Lipinski definition) is 0. The molecule has 0 aromatic carbocycles. The Labute approximate surface area is 189 Å². The second-order valence-corrected chi connectivity index (χ2v) is 10.2. The van der Waals surface area contributed by atoms with Crippen LogP contribution in [0.25, 0.3) is 0 Å². The molecule has 0 aliphatic rings. The third-order valence-corrected chi connectivity index (χ3v) is 4.11. The lowest BCUT2D eigenvalue weighted by Crippen LogP contribution is -2.14. The van der Waals surface area contributed by atoms with E-state index in [0.29, 0.717) is 0 Å². The predicted octanol–water partition coefficient (Wildman–Crippen LogP) is 6.56. The summed E-state index contributed by atoms with van der Waals surface area (Å²) in [5.41, 5.74) is 2.82. The van der Waals surface area contributed by atoms with Crippen LogP contribution in [0.2, 0.25) is 0 Å². The van der Waals surface area contributed by atoms with Crippen molar-refractivity contribution in [3.63, 3.8) is 0 Å². The van der Waals surface area contributed by atoms with Gasteiger partial charge in [-0.1, -0.05) is 75.8 Å². The Bertz CT molecular complexity index is 711. The summed E-state index contributed by atoms with van der Waals surface area (Å²) in [7, 11) is 0. The van der Waals surface area contributed by atoms with Gasteiger partial charge in [0.1, 0.15) is 12.2 Å². The summed E-state index contributed by atoms with van der Waals surface area (Å²) in [4.78, 5) is 20.3. The molecule has 5 nitrogen and oxygen atoms in total. The summed E-state index contributed by atoms with van der Waals surface area (Å²) >= 11 is 0. The van der Waals surface area contributed by atoms with Crippen LogP contribution in [0.5, 0.6) is 0 Å². The Morgan fingerprint density at radius 3 is 1.48 bits per heavy atom. The molecular formula is C26H41N5. The van der Waals surface area contributed by atoms with E-state index in [-0.39, 0.29) is 23.7 Å². The maximum atomic E-state index is 4.14. The first kappa shape index (κ1) is 28.3. The lowest BCUT2D eigenvalue weighted by atomic mass is 9.88. The highest BCUT2D eigenvalue weighted by Gasteiger charge is 2.15. The summed E-state index contributed by atoms with van der Waals surface area (Å²) in [6.07, 6.45) is 10.6. The molecule has 31 heavy (non-hydrogen) atoms. The first-order valence-corrected chi connectivity index (χ1v) is 10.3. The van der Waals surface area contributed by atoms with Crippen LogP contribution in [-0.4, -0.2) is 24.9 Å². The van der Waals surface area contributed by atoms with Crippen LogP contribution in [-0.2, 0) is 16.2 Å². The van der Waals surface area contributed by atoms with Gasteiger partial charge in [-0.05, 0) is 29.2 Å². The normalized spacial score (nSPS) is 11.1. The van der Waals surface area contributed by atoms with E-state index in [9.17, 15) is 0 Å². The molecule has 0 amide bonds. The van der Waals surface area contributed by atoms with Crippen molar-refractivity contribution in [2.75, 3.05) is 0 Å². The molecule has 0 fully saturated rings. The van der Waals surface area contributed by atoms with Gasteiger partial charge in [0.2, 0.25) is 0 Å². The first-order valence-electron chi connectivity index (χ1n) is 10.3. The van der Waals surface area contributed by atoms with E-state index < -0.39 is 0 Å². The molecule has 0 atom stereocenters. The van der Waals surface area contributed by atoms with Crippen LogP contribution >= 0.6 is 0 Å². The smallest absolute Gasteiger partial charge is 0.133 e. The summed E-state index contributed by atoms with van der Waals surface area (Å²) in [5, 5.41) is 0. The molecule has 0 bridgehead atoms. The molecule has 0 saturated carbocycles. The minimum absolute atomic E-state index is 0. The number of rotatable bonds is 0. The Kier molecular flexibility index (Phi) is 11.2. The van der Waals surface area contributed by atoms with E-state index in [1.54, 1.807) is 31.1 Å². The lowest BCUT2D eigenvalue weighted by molar-refractivity contribution is 0.545. The third kappa shape index (κ3) is 11.3. The van der Waals surface area contributed by atoms with Gasteiger partial charge in [-0.15, -0.1) is 0 Å². The average molecular weight is 424 g/mol. The predicted molar refractivity (Wildman–Crippen MR) is 131 cm³/mol. The van der Waals surface area contributed by atoms with Crippen molar-refractivity contribution in [3.05, 3.63) is 78.7 Å². The molecular weight excluding hydrogens is 382 g/mol. The maximum Gasteiger partial charge on any atom is 0.133 e. The minimum Gasteiger partial charge on any atom is -0.264 e. The second-order valence-electron chi connectivity index (χ2n) is 10.2. The van der Waals surface area contributed by atoms with Gasteiger partial charge >= 0.3 is 0 Å². The molecule has 0 aliphatic carbocycles. The highest BCUT2D eigenvalue weighted by molar-refractivity contribution is 5.17. The fraction of sp³-hybridized carbons (Fsp3) is 0.500. The Morgan fingerprint density at radius 2 is 1.19 bits per heavy atom. The van der Waals surface area contributed by atoms with E-state index in [4.69, 9.17) is 0 Å². The molecule has 170 valence electrons. The first-order chi connectivity index (χ1) is 13.8. The molecule has 3 rings (SSSR count). The van der Waals surface area contributed by atoms with Crippen LogP contribution in [0.4, 0.5) is 0 Å². The van der Waals surface area contributed by atoms with Crippen molar-refractivity contribution >= 4 is 0 Å². The van der Waals surface area contributed by atoms with E-state index in [0.717, 1.165) is 11.5 Å².